The molecule has 6 nitrogen and oxygen atoms in total. The lowest BCUT2D eigenvalue weighted by molar-refractivity contribution is 0.0968. The van der Waals surface area contributed by atoms with E-state index in [4.69, 9.17) is 11.6 Å². The lowest BCUT2D eigenvalue weighted by atomic mass is 9.99. The Kier molecular flexibility index (Phi) is 6.56. The van der Waals surface area contributed by atoms with Crippen molar-refractivity contribution in [2.45, 2.75) is 57.9 Å². The van der Waals surface area contributed by atoms with Crippen LogP contribution in [0.5, 0.6) is 5.75 Å². The van der Waals surface area contributed by atoms with Gasteiger partial charge in [0, 0.05) is 23.7 Å². The molecule has 0 bridgehead atoms. The first kappa shape index (κ1) is 24.9. The number of aromatic nitrogens is 3. The summed E-state index contributed by atoms with van der Waals surface area (Å²) in [4.78, 5) is 17.8. The maximum atomic E-state index is 14.3. The molecule has 0 amide bonds. The van der Waals surface area contributed by atoms with Gasteiger partial charge in [0.1, 0.15) is 0 Å². The van der Waals surface area contributed by atoms with Gasteiger partial charge in [-0.25, -0.2) is 4.39 Å². The number of Topliss-reactive ketones (excluding diaryl/α,β-unsaturated/α-hetero) is 1. The van der Waals surface area contributed by atoms with Gasteiger partial charge in [0.05, 0.1) is 39.7 Å². The van der Waals surface area contributed by atoms with Crippen molar-refractivity contribution >= 4 is 39.7 Å². The van der Waals surface area contributed by atoms with Crippen molar-refractivity contribution in [1.82, 2.24) is 14.8 Å². The molecule has 8 heteroatoms. The summed E-state index contributed by atoms with van der Waals surface area (Å²) in [5.41, 5.74) is 3.95. The molecule has 0 saturated heterocycles. The summed E-state index contributed by atoms with van der Waals surface area (Å²) in [5.74, 6) is -0.506. The highest BCUT2D eigenvalue weighted by molar-refractivity contribution is 6.32. The van der Waals surface area contributed by atoms with E-state index in [1.54, 1.807) is 6.20 Å². The smallest absolute Gasteiger partial charge is 0.170 e. The number of halogens is 2. The zero-order valence-electron chi connectivity index (χ0n) is 21.3. The zero-order chi connectivity index (χ0) is 26.4. The molecule has 4 aromatic rings. The molecule has 2 N–H and O–H groups in total. The van der Waals surface area contributed by atoms with Gasteiger partial charge in [0.2, 0.25) is 0 Å². The van der Waals surface area contributed by atoms with E-state index in [0.717, 1.165) is 42.7 Å². The van der Waals surface area contributed by atoms with E-state index in [-0.39, 0.29) is 16.7 Å². The first-order valence-corrected chi connectivity index (χ1v) is 13.7. The maximum Gasteiger partial charge on any atom is 0.170 e. The summed E-state index contributed by atoms with van der Waals surface area (Å²) in [6.07, 6.45) is 13.2. The van der Waals surface area contributed by atoms with Crippen LogP contribution in [0.25, 0.3) is 22.0 Å². The van der Waals surface area contributed by atoms with Gasteiger partial charge in [0.15, 0.2) is 17.3 Å². The predicted octanol–water partition coefficient (Wildman–Crippen LogP) is 8.07. The van der Waals surface area contributed by atoms with Crippen molar-refractivity contribution in [3.8, 4) is 16.9 Å². The number of nitrogens with zero attached hydrogens (tertiary/aromatic N) is 3. The van der Waals surface area contributed by atoms with Crippen LogP contribution in [0.2, 0.25) is 5.02 Å². The van der Waals surface area contributed by atoms with Gasteiger partial charge in [-0.3, -0.25) is 14.5 Å². The molecule has 2 fully saturated rings. The van der Waals surface area contributed by atoms with Crippen molar-refractivity contribution in [1.29, 1.82) is 0 Å². The van der Waals surface area contributed by atoms with Crippen molar-refractivity contribution in [3.63, 3.8) is 0 Å². The summed E-state index contributed by atoms with van der Waals surface area (Å²) in [6, 6.07) is 8.70. The van der Waals surface area contributed by atoms with E-state index in [0.29, 0.717) is 33.9 Å². The molecule has 2 saturated carbocycles. The highest BCUT2D eigenvalue weighted by Gasteiger charge is 2.33. The van der Waals surface area contributed by atoms with E-state index >= 15 is 0 Å². The van der Waals surface area contributed by atoms with Gasteiger partial charge in [-0.1, -0.05) is 37.4 Å². The number of rotatable bonds is 6. The molecule has 2 aliphatic rings. The predicted molar refractivity (Wildman–Crippen MR) is 148 cm³/mol. The second kappa shape index (κ2) is 10.0. The monoisotopic (exact) mass is 532 g/mol. The minimum Gasteiger partial charge on any atom is -0.504 e. The van der Waals surface area contributed by atoms with Crippen LogP contribution in [0.4, 0.5) is 15.8 Å². The average Bonchev–Trinajstić information content (AvgIpc) is 3.70. The molecule has 2 unspecified atom stereocenters. The highest BCUT2D eigenvalue weighted by Crippen LogP contribution is 2.40. The van der Waals surface area contributed by atoms with Crippen molar-refractivity contribution in [2.75, 3.05) is 5.32 Å². The molecule has 2 atom stereocenters. The van der Waals surface area contributed by atoms with Gasteiger partial charge in [-0.15, -0.1) is 0 Å². The molecule has 0 aliphatic heterocycles. The number of hydrogen-bond donors (Lipinski definition) is 2. The number of hydrogen-bond acceptors (Lipinski definition) is 5. The van der Waals surface area contributed by atoms with Crippen LogP contribution in [0.3, 0.4) is 0 Å². The Morgan fingerprint density at radius 1 is 1.08 bits per heavy atom. The van der Waals surface area contributed by atoms with Crippen LogP contribution in [0.15, 0.2) is 48.9 Å². The lowest BCUT2D eigenvalue weighted by Gasteiger charge is -2.16. The Balaban J connectivity index is 1.41. The molecule has 2 heterocycles. The molecule has 2 aromatic heterocycles. The van der Waals surface area contributed by atoms with Gasteiger partial charge in [-0.05, 0) is 73.4 Å². The number of aromatic hydroxyl groups is 1. The summed E-state index contributed by atoms with van der Waals surface area (Å²) < 4.78 is 16.3. The number of phenolic OH excluding ortho intramolecular Hbond substituents is 1. The molecule has 6 rings (SSSR count). The second-order valence-corrected chi connectivity index (χ2v) is 11.2. The Morgan fingerprint density at radius 3 is 2.71 bits per heavy atom. The lowest BCUT2D eigenvalue weighted by Crippen LogP contribution is -2.09. The number of ketones is 1. The standard InChI is InChI=1S/C30H30ClFN4O2/c1-17-3-2-4-22(9-5-17)36-16-21(14-34-36)35-28-23-11-19(20-12-25(31)30(38)26(32)13-20)8-10-27(23)33-15-24(28)29(37)18-6-7-18/h8,10-18,22,38H,2-7,9H2,1H3,(H,33,35). The number of nitrogens with one attached hydrogen (secondary N) is 1. The van der Waals surface area contributed by atoms with Gasteiger partial charge in [-0.2, -0.15) is 5.10 Å². The first-order chi connectivity index (χ1) is 18.4. The summed E-state index contributed by atoms with van der Waals surface area (Å²) in [6.45, 7) is 2.32. The van der Waals surface area contributed by atoms with Crippen LogP contribution < -0.4 is 5.32 Å². The number of pyridine rings is 1. The molecular weight excluding hydrogens is 503 g/mol. The van der Waals surface area contributed by atoms with Gasteiger partial charge in [0.25, 0.3) is 0 Å². The van der Waals surface area contributed by atoms with Gasteiger partial charge < -0.3 is 10.4 Å². The Hall–Kier alpha value is -3.45. The molecule has 196 valence electrons. The number of carbonyl (C=O) groups excluding carboxylic acids is 1. The Labute approximate surface area is 225 Å². The van der Waals surface area contributed by atoms with Crippen molar-refractivity contribution in [3.05, 3.63) is 65.3 Å². The molecule has 2 aromatic carbocycles. The third-order valence-electron chi connectivity index (χ3n) is 7.90. The van der Waals surface area contributed by atoms with Gasteiger partial charge >= 0.3 is 0 Å². The molecule has 0 spiro atoms. The summed E-state index contributed by atoms with van der Waals surface area (Å²) in [5, 5.41) is 18.6. The van der Waals surface area contributed by atoms with Crippen LogP contribution in [-0.4, -0.2) is 25.7 Å². The third kappa shape index (κ3) is 4.87. The van der Waals surface area contributed by atoms with E-state index in [2.05, 4.69) is 27.0 Å². The van der Waals surface area contributed by atoms with Crippen molar-refractivity contribution < 1.29 is 14.3 Å². The highest BCUT2D eigenvalue weighted by atomic mass is 35.5. The van der Waals surface area contributed by atoms with Crippen LogP contribution in [0, 0.1) is 17.7 Å². The van der Waals surface area contributed by atoms with Crippen LogP contribution in [-0.2, 0) is 0 Å². The third-order valence-corrected chi connectivity index (χ3v) is 8.19. The van der Waals surface area contributed by atoms with E-state index in [1.807, 2.05) is 30.6 Å². The Bertz CT molecular complexity index is 1510. The first-order valence-electron chi connectivity index (χ1n) is 13.3. The van der Waals surface area contributed by atoms with Crippen LogP contribution >= 0.6 is 11.6 Å². The van der Waals surface area contributed by atoms with E-state index in [1.165, 1.54) is 31.4 Å². The minimum absolute atomic E-state index is 0.0266. The topological polar surface area (TPSA) is 80.0 Å². The van der Waals surface area contributed by atoms with E-state index < -0.39 is 11.6 Å². The fourth-order valence-corrected chi connectivity index (χ4v) is 5.68. The normalized spacial score (nSPS) is 19.9. The molecule has 2 aliphatic carbocycles. The quantitative estimate of drug-likeness (QED) is 0.194. The van der Waals surface area contributed by atoms with Crippen LogP contribution in [0.1, 0.15) is 68.3 Å². The second-order valence-electron chi connectivity index (χ2n) is 10.8. The number of carbonyl (C=O) groups is 1. The average molecular weight is 533 g/mol. The molecular formula is C30H30ClFN4O2. The summed E-state index contributed by atoms with van der Waals surface area (Å²) >= 11 is 6.05. The molecule has 38 heavy (non-hydrogen) atoms. The number of anilines is 2. The maximum absolute atomic E-state index is 14.3. The minimum atomic E-state index is -0.790. The number of phenols is 1. The van der Waals surface area contributed by atoms with E-state index in [9.17, 15) is 14.3 Å². The zero-order valence-corrected chi connectivity index (χ0v) is 22.0. The summed E-state index contributed by atoms with van der Waals surface area (Å²) in [7, 11) is 0. The van der Waals surface area contributed by atoms with Crippen molar-refractivity contribution in [2.24, 2.45) is 11.8 Å². The fraction of sp³-hybridized carbons (Fsp3) is 0.367. The molecule has 0 radical (unpaired) electrons. The fourth-order valence-electron chi connectivity index (χ4n) is 5.47. The largest absolute Gasteiger partial charge is 0.504 e. The number of fused-ring (bicyclic) bond motifs is 1. The SMILES string of the molecule is CC1CCCC(n2cc(Nc3c(C(=O)C4CC4)cnc4ccc(-c5cc(F)c(O)c(Cl)c5)cc34)cn2)CC1. The number of benzene rings is 2. The Morgan fingerprint density at radius 2 is 1.92 bits per heavy atom.